The summed E-state index contributed by atoms with van der Waals surface area (Å²) in [6, 6.07) is 27.4. The molecule has 0 atom stereocenters. The summed E-state index contributed by atoms with van der Waals surface area (Å²) in [7, 11) is 0. The van der Waals surface area contributed by atoms with E-state index in [0.29, 0.717) is 29.2 Å². The lowest BCUT2D eigenvalue weighted by molar-refractivity contribution is 0.306. The van der Waals surface area contributed by atoms with Crippen LogP contribution in [0.4, 0.5) is 10.2 Å². The molecule has 0 fully saturated rings. The summed E-state index contributed by atoms with van der Waals surface area (Å²) in [5.41, 5.74) is 9.42. The molecule has 0 unspecified atom stereocenters. The van der Waals surface area contributed by atoms with Gasteiger partial charge in [0.25, 0.3) is 0 Å². The Morgan fingerprint density at radius 3 is 2.30 bits per heavy atom. The maximum Gasteiger partial charge on any atom is 0.142 e. The Hall–Kier alpha value is -4.17. The highest BCUT2D eigenvalue weighted by atomic mass is 19.1. The molecule has 3 aromatic carbocycles. The van der Waals surface area contributed by atoms with Crippen molar-refractivity contribution in [1.82, 2.24) is 4.98 Å². The molecular weight excluding hydrogens is 377 g/mol. The van der Waals surface area contributed by atoms with Gasteiger partial charge in [0.15, 0.2) is 0 Å². The van der Waals surface area contributed by atoms with E-state index < -0.39 is 5.82 Å². The molecule has 0 aliphatic heterocycles. The van der Waals surface area contributed by atoms with E-state index in [1.165, 1.54) is 6.07 Å². The first-order chi connectivity index (χ1) is 14.7. The molecule has 4 nitrogen and oxygen atoms in total. The monoisotopic (exact) mass is 395 g/mol. The van der Waals surface area contributed by atoms with Crippen LogP contribution in [-0.2, 0) is 6.61 Å². The molecule has 2 N–H and O–H groups in total. The number of nitrogens with two attached hydrogens (primary N) is 1. The molecule has 0 amide bonds. The van der Waals surface area contributed by atoms with Crippen LogP contribution in [0, 0.1) is 17.1 Å². The van der Waals surface area contributed by atoms with E-state index in [1.54, 1.807) is 24.3 Å². The fourth-order valence-corrected chi connectivity index (χ4v) is 3.19. The number of hydrogen-bond donors (Lipinski definition) is 1. The minimum absolute atomic E-state index is 0.0673. The smallest absolute Gasteiger partial charge is 0.142 e. The van der Waals surface area contributed by atoms with Crippen molar-refractivity contribution in [2.75, 3.05) is 5.73 Å². The first kappa shape index (κ1) is 19.2. The minimum atomic E-state index is -0.398. The Kier molecular flexibility index (Phi) is 5.40. The molecule has 5 heteroatoms. The van der Waals surface area contributed by atoms with Gasteiger partial charge in [-0.05, 0) is 41.5 Å². The van der Waals surface area contributed by atoms with Crippen molar-refractivity contribution in [1.29, 1.82) is 5.26 Å². The largest absolute Gasteiger partial charge is 0.489 e. The Bertz CT molecular complexity index is 1220. The Morgan fingerprint density at radius 2 is 1.60 bits per heavy atom. The summed E-state index contributed by atoms with van der Waals surface area (Å²) < 4.78 is 20.1. The molecule has 1 aromatic heterocycles. The molecule has 0 aliphatic carbocycles. The van der Waals surface area contributed by atoms with Crippen LogP contribution in [0.15, 0.2) is 84.9 Å². The molecule has 0 radical (unpaired) electrons. The van der Waals surface area contributed by atoms with Crippen LogP contribution in [0.3, 0.4) is 0 Å². The standard InChI is InChI=1S/C25H18FN3O/c26-23-9-5-4-8-20(23)24-14-21(22(15-27)25(28)29-24)18-10-12-19(13-11-18)30-16-17-6-2-1-3-7-17/h1-14H,16H2,(H2,28,29). The summed E-state index contributed by atoms with van der Waals surface area (Å²) in [5, 5.41) is 9.57. The van der Waals surface area contributed by atoms with Gasteiger partial charge in [-0.15, -0.1) is 0 Å². The number of aromatic nitrogens is 1. The van der Waals surface area contributed by atoms with Crippen LogP contribution in [0.1, 0.15) is 11.1 Å². The molecule has 146 valence electrons. The Balaban J connectivity index is 1.66. The van der Waals surface area contributed by atoms with Crippen molar-refractivity contribution in [3.8, 4) is 34.2 Å². The van der Waals surface area contributed by atoms with Crippen molar-refractivity contribution in [2.24, 2.45) is 0 Å². The SMILES string of the molecule is N#Cc1c(-c2ccc(OCc3ccccc3)cc2)cc(-c2ccccc2F)nc1N. The van der Waals surface area contributed by atoms with Gasteiger partial charge in [0.05, 0.1) is 5.69 Å². The number of nitrogen functional groups attached to an aromatic ring is 1. The van der Waals surface area contributed by atoms with Gasteiger partial charge in [0, 0.05) is 11.1 Å². The number of ether oxygens (including phenoxy) is 1. The zero-order chi connectivity index (χ0) is 20.9. The van der Waals surface area contributed by atoms with Gasteiger partial charge >= 0.3 is 0 Å². The van der Waals surface area contributed by atoms with Crippen LogP contribution < -0.4 is 10.5 Å². The van der Waals surface area contributed by atoms with Crippen LogP contribution in [0.5, 0.6) is 5.75 Å². The maximum absolute atomic E-state index is 14.2. The van der Waals surface area contributed by atoms with Crippen molar-refractivity contribution in [3.63, 3.8) is 0 Å². The number of hydrogen-bond acceptors (Lipinski definition) is 4. The third-order valence-electron chi connectivity index (χ3n) is 4.72. The first-order valence-corrected chi connectivity index (χ1v) is 9.38. The molecule has 0 saturated carbocycles. The highest BCUT2D eigenvalue weighted by molar-refractivity contribution is 5.80. The number of nitrogens with zero attached hydrogens (tertiary/aromatic N) is 2. The molecule has 30 heavy (non-hydrogen) atoms. The normalized spacial score (nSPS) is 10.4. The molecule has 4 rings (SSSR count). The van der Waals surface area contributed by atoms with E-state index in [-0.39, 0.29) is 11.4 Å². The number of nitriles is 1. The highest BCUT2D eigenvalue weighted by Gasteiger charge is 2.15. The van der Waals surface area contributed by atoms with E-state index in [2.05, 4.69) is 11.1 Å². The lowest BCUT2D eigenvalue weighted by Crippen LogP contribution is -2.00. The topological polar surface area (TPSA) is 71.9 Å². The molecular formula is C25H18FN3O. The van der Waals surface area contributed by atoms with Gasteiger partial charge in [0.1, 0.15) is 35.6 Å². The van der Waals surface area contributed by atoms with E-state index in [1.807, 2.05) is 54.6 Å². The summed E-state index contributed by atoms with van der Waals surface area (Å²) in [4.78, 5) is 4.23. The van der Waals surface area contributed by atoms with Gasteiger partial charge < -0.3 is 10.5 Å². The highest BCUT2D eigenvalue weighted by Crippen LogP contribution is 2.33. The van der Waals surface area contributed by atoms with Gasteiger partial charge in [-0.2, -0.15) is 5.26 Å². The van der Waals surface area contributed by atoms with Crippen LogP contribution in [-0.4, -0.2) is 4.98 Å². The predicted molar refractivity (Wildman–Crippen MR) is 115 cm³/mol. The number of benzene rings is 3. The van der Waals surface area contributed by atoms with E-state index in [4.69, 9.17) is 10.5 Å². The van der Waals surface area contributed by atoms with Gasteiger partial charge in [-0.3, -0.25) is 0 Å². The average Bonchev–Trinajstić information content (AvgIpc) is 2.78. The third kappa shape index (κ3) is 3.98. The van der Waals surface area contributed by atoms with Crippen molar-refractivity contribution in [3.05, 3.63) is 102 Å². The lowest BCUT2D eigenvalue weighted by atomic mass is 9.98. The molecule has 0 spiro atoms. The van der Waals surface area contributed by atoms with Crippen molar-refractivity contribution < 1.29 is 9.13 Å². The summed E-state index contributed by atoms with van der Waals surface area (Å²) in [6.07, 6.45) is 0. The molecule has 0 aliphatic rings. The minimum Gasteiger partial charge on any atom is -0.489 e. The summed E-state index contributed by atoms with van der Waals surface area (Å²) in [5.74, 6) is 0.375. The zero-order valence-corrected chi connectivity index (χ0v) is 16.0. The molecule has 0 bridgehead atoms. The quantitative estimate of drug-likeness (QED) is 0.478. The molecule has 4 aromatic rings. The number of anilines is 1. The number of halogens is 1. The van der Waals surface area contributed by atoms with Gasteiger partial charge in [-0.1, -0.05) is 54.6 Å². The van der Waals surface area contributed by atoms with Crippen molar-refractivity contribution >= 4 is 5.82 Å². The third-order valence-corrected chi connectivity index (χ3v) is 4.72. The second-order valence-electron chi connectivity index (χ2n) is 6.71. The summed E-state index contributed by atoms with van der Waals surface area (Å²) in [6.45, 7) is 0.462. The van der Waals surface area contributed by atoms with Gasteiger partial charge in [0.2, 0.25) is 0 Å². The Labute approximate surface area is 174 Å². The maximum atomic E-state index is 14.2. The Morgan fingerprint density at radius 1 is 0.900 bits per heavy atom. The second-order valence-corrected chi connectivity index (χ2v) is 6.71. The second kappa shape index (κ2) is 8.46. The van der Waals surface area contributed by atoms with E-state index in [9.17, 15) is 9.65 Å². The van der Waals surface area contributed by atoms with Crippen LogP contribution in [0.2, 0.25) is 0 Å². The number of rotatable bonds is 5. The lowest BCUT2D eigenvalue weighted by Gasteiger charge is -2.12. The fourth-order valence-electron chi connectivity index (χ4n) is 3.19. The average molecular weight is 395 g/mol. The van der Waals surface area contributed by atoms with E-state index in [0.717, 1.165) is 11.1 Å². The first-order valence-electron chi connectivity index (χ1n) is 9.38. The zero-order valence-electron chi connectivity index (χ0n) is 16.0. The van der Waals surface area contributed by atoms with Crippen LogP contribution >= 0.6 is 0 Å². The van der Waals surface area contributed by atoms with Crippen molar-refractivity contribution in [2.45, 2.75) is 6.61 Å². The molecule has 0 saturated heterocycles. The predicted octanol–water partition coefficient (Wildman–Crippen LogP) is 5.59. The van der Waals surface area contributed by atoms with Crippen LogP contribution in [0.25, 0.3) is 22.4 Å². The number of pyridine rings is 1. The fraction of sp³-hybridized carbons (Fsp3) is 0.0400. The summed E-state index contributed by atoms with van der Waals surface area (Å²) >= 11 is 0. The molecule has 1 heterocycles. The van der Waals surface area contributed by atoms with E-state index >= 15 is 0 Å². The van der Waals surface area contributed by atoms with Gasteiger partial charge in [-0.25, -0.2) is 9.37 Å².